The number of likely N-dealkylation sites (tertiary alicyclic amines) is 1. The summed E-state index contributed by atoms with van der Waals surface area (Å²) in [5.41, 5.74) is 0. The Morgan fingerprint density at radius 3 is 2.74 bits per heavy atom. The molecule has 106 valence electrons. The molecule has 2 aliphatic rings. The maximum Gasteiger partial charge on any atom is 0.165 e. The molecule has 0 amide bonds. The second-order valence-corrected chi connectivity index (χ2v) is 6.31. The highest BCUT2D eigenvalue weighted by molar-refractivity contribution is 4.87. The van der Waals surface area contributed by atoms with E-state index in [1.807, 2.05) is 0 Å². The zero-order chi connectivity index (χ0) is 13.1. The van der Waals surface area contributed by atoms with Crippen molar-refractivity contribution >= 4 is 0 Å². The Balaban J connectivity index is 1.65. The SMILES string of the molecule is CC1CCCN(Cc2nnnn2C2CCCCC2)C1. The van der Waals surface area contributed by atoms with Crippen LogP contribution in [0, 0.1) is 5.92 Å². The van der Waals surface area contributed by atoms with Crippen LogP contribution in [0.1, 0.15) is 63.7 Å². The summed E-state index contributed by atoms with van der Waals surface area (Å²) in [7, 11) is 0. The number of piperidine rings is 1. The number of tetrazole rings is 1. The normalized spacial score (nSPS) is 26.7. The third kappa shape index (κ3) is 3.14. The van der Waals surface area contributed by atoms with Crippen molar-refractivity contribution < 1.29 is 0 Å². The van der Waals surface area contributed by atoms with Crippen molar-refractivity contribution in [2.45, 2.75) is 64.5 Å². The predicted octanol–water partition coefficient (Wildman–Crippen LogP) is 2.41. The van der Waals surface area contributed by atoms with Crippen molar-refractivity contribution in [1.82, 2.24) is 25.1 Å². The molecule has 1 aromatic rings. The van der Waals surface area contributed by atoms with E-state index < -0.39 is 0 Å². The van der Waals surface area contributed by atoms with Gasteiger partial charge in [0.25, 0.3) is 0 Å². The molecule has 19 heavy (non-hydrogen) atoms. The van der Waals surface area contributed by atoms with Crippen LogP contribution in [-0.4, -0.2) is 38.2 Å². The topological polar surface area (TPSA) is 46.8 Å². The van der Waals surface area contributed by atoms with Crippen molar-refractivity contribution in [1.29, 1.82) is 0 Å². The maximum atomic E-state index is 4.27. The van der Waals surface area contributed by atoms with Crippen molar-refractivity contribution in [3.8, 4) is 0 Å². The molecule has 0 N–H and O–H groups in total. The molecule has 1 unspecified atom stereocenters. The van der Waals surface area contributed by atoms with Crippen molar-refractivity contribution in [2.75, 3.05) is 13.1 Å². The van der Waals surface area contributed by atoms with Crippen LogP contribution in [0.5, 0.6) is 0 Å². The molecule has 1 saturated heterocycles. The molecule has 5 nitrogen and oxygen atoms in total. The fourth-order valence-electron chi connectivity index (χ4n) is 3.56. The van der Waals surface area contributed by atoms with Gasteiger partial charge in [0.2, 0.25) is 0 Å². The minimum absolute atomic E-state index is 0.543. The first kappa shape index (κ1) is 13.0. The predicted molar refractivity (Wildman–Crippen MR) is 73.6 cm³/mol. The average Bonchev–Trinajstić information content (AvgIpc) is 2.88. The van der Waals surface area contributed by atoms with Gasteiger partial charge in [0.1, 0.15) is 0 Å². The molecule has 2 fully saturated rings. The molecule has 0 aromatic carbocycles. The summed E-state index contributed by atoms with van der Waals surface area (Å²) in [6.45, 7) is 5.66. The molecular weight excluding hydrogens is 238 g/mol. The van der Waals surface area contributed by atoms with Crippen LogP contribution >= 0.6 is 0 Å². The van der Waals surface area contributed by atoms with Gasteiger partial charge < -0.3 is 0 Å². The monoisotopic (exact) mass is 263 g/mol. The van der Waals surface area contributed by atoms with E-state index in [0.717, 1.165) is 18.3 Å². The van der Waals surface area contributed by atoms with Crippen molar-refractivity contribution in [3.63, 3.8) is 0 Å². The fourth-order valence-corrected chi connectivity index (χ4v) is 3.56. The number of rotatable bonds is 3. The molecule has 1 aromatic heterocycles. The van der Waals surface area contributed by atoms with E-state index in [9.17, 15) is 0 Å². The first-order valence-electron chi connectivity index (χ1n) is 7.82. The van der Waals surface area contributed by atoms with E-state index in [1.165, 1.54) is 58.0 Å². The molecule has 3 rings (SSSR count). The van der Waals surface area contributed by atoms with E-state index in [2.05, 4.69) is 32.0 Å². The lowest BCUT2D eigenvalue weighted by Gasteiger charge is -2.31. The van der Waals surface area contributed by atoms with Gasteiger partial charge in [-0.05, 0) is 48.6 Å². The minimum atomic E-state index is 0.543. The largest absolute Gasteiger partial charge is 0.296 e. The number of hydrogen-bond acceptors (Lipinski definition) is 4. The molecule has 1 aliphatic heterocycles. The Labute approximate surface area is 115 Å². The summed E-state index contributed by atoms with van der Waals surface area (Å²) < 4.78 is 2.11. The van der Waals surface area contributed by atoms with Crippen LogP contribution in [0.2, 0.25) is 0 Å². The van der Waals surface area contributed by atoms with Gasteiger partial charge in [-0.25, -0.2) is 4.68 Å². The Morgan fingerprint density at radius 2 is 1.95 bits per heavy atom. The summed E-state index contributed by atoms with van der Waals surface area (Å²) in [6, 6.07) is 0.543. The van der Waals surface area contributed by atoms with Crippen molar-refractivity contribution in [3.05, 3.63) is 5.82 Å². The highest BCUT2D eigenvalue weighted by atomic mass is 15.6. The van der Waals surface area contributed by atoms with Gasteiger partial charge in [0.05, 0.1) is 12.6 Å². The van der Waals surface area contributed by atoms with Crippen LogP contribution in [0.25, 0.3) is 0 Å². The van der Waals surface area contributed by atoms with Gasteiger partial charge in [0, 0.05) is 6.54 Å². The smallest absolute Gasteiger partial charge is 0.165 e. The molecule has 0 spiro atoms. The Bertz CT molecular complexity index is 396. The summed E-state index contributed by atoms with van der Waals surface area (Å²) in [5, 5.41) is 12.4. The van der Waals surface area contributed by atoms with E-state index in [-0.39, 0.29) is 0 Å². The number of hydrogen-bond donors (Lipinski definition) is 0. The number of aromatic nitrogens is 4. The highest BCUT2D eigenvalue weighted by Crippen LogP contribution is 2.28. The van der Waals surface area contributed by atoms with Gasteiger partial charge in [0.15, 0.2) is 5.82 Å². The van der Waals surface area contributed by atoms with Gasteiger partial charge in [-0.15, -0.1) is 5.10 Å². The second-order valence-electron chi connectivity index (χ2n) is 6.31. The minimum Gasteiger partial charge on any atom is -0.296 e. The summed E-state index contributed by atoms with van der Waals surface area (Å²) >= 11 is 0. The Hall–Kier alpha value is -0.970. The lowest BCUT2D eigenvalue weighted by atomic mass is 9.95. The third-order valence-electron chi connectivity index (χ3n) is 4.59. The van der Waals surface area contributed by atoms with Gasteiger partial charge in [-0.2, -0.15) is 0 Å². The van der Waals surface area contributed by atoms with Gasteiger partial charge in [-0.1, -0.05) is 26.2 Å². The summed E-state index contributed by atoms with van der Waals surface area (Å²) in [5.74, 6) is 1.88. The van der Waals surface area contributed by atoms with E-state index in [0.29, 0.717) is 6.04 Å². The van der Waals surface area contributed by atoms with Crippen LogP contribution in [-0.2, 0) is 6.54 Å². The van der Waals surface area contributed by atoms with Gasteiger partial charge in [-0.3, -0.25) is 4.90 Å². The molecular formula is C14H25N5. The Morgan fingerprint density at radius 1 is 1.11 bits per heavy atom. The quantitative estimate of drug-likeness (QED) is 0.840. The molecule has 2 heterocycles. The molecule has 1 atom stereocenters. The molecule has 5 heteroatoms. The van der Waals surface area contributed by atoms with Crippen LogP contribution < -0.4 is 0 Å². The summed E-state index contributed by atoms with van der Waals surface area (Å²) in [4.78, 5) is 2.51. The third-order valence-corrected chi connectivity index (χ3v) is 4.59. The van der Waals surface area contributed by atoms with E-state index in [4.69, 9.17) is 0 Å². The lowest BCUT2D eigenvalue weighted by molar-refractivity contribution is 0.167. The molecule has 1 aliphatic carbocycles. The molecule has 1 saturated carbocycles. The van der Waals surface area contributed by atoms with E-state index >= 15 is 0 Å². The lowest BCUT2D eigenvalue weighted by Crippen LogP contribution is -2.35. The van der Waals surface area contributed by atoms with Crippen LogP contribution in [0.15, 0.2) is 0 Å². The van der Waals surface area contributed by atoms with Crippen molar-refractivity contribution in [2.24, 2.45) is 5.92 Å². The van der Waals surface area contributed by atoms with E-state index in [1.54, 1.807) is 0 Å². The van der Waals surface area contributed by atoms with Gasteiger partial charge >= 0.3 is 0 Å². The maximum absolute atomic E-state index is 4.27. The molecule has 0 radical (unpaired) electrons. The summed E-state index contributed by atoms with van der Waals surface area (Å²) in [6.07, 6.45) is 9.19. The number of nitrogens with zero attached hydrogens (tertiary/aromatic N) is 5. The first-order chi connectivity index (χ1) is 9.33. The van der Waals surface area contributed by atoms with Crippen LogP contribution in [0.4, 0.5) is 0 Å². The molecule has 0 bridgehead atoms. The first-order valence-corrected chi connectivity index (χ1v) is 7.82. The zero-order valence-electron chi connectivity index (χ0n) is 12.0. The highest BCUT2D eigenvalue weighted by Gasteiger charge is 2.23. The fraction of sp³-hybridized carbons (Fsp3) is 0.929. The Kier molecular flexibility index (Phi) is 4.11. The standard InChI is InChI=1S/C14H25N5/c1-12-6-5-9-18(10-12)11-14-15-16-17-19(14)13-7-3-2-4-8-13/h12-13H,2-11H2,1H3. The zero-order valence-corrected chi connectivity index (χ0v) is 12.0. The van der Waals surface area contributed by atoms with Crippen LogP contribution in [0.3, 0.4) is 0 Å². The second kappa shape index (κ2) is 5.99. The average molecular weight is 263 g/mol.